The van der Waals surface area contributed by atoms with Gasteiger partial charge in [-0.15, -0.1) is 0 Å². The van der Waals surface area contributed by atoms with E-state index in [1.807, 2.05) is 31.2 Å². The number of carbonyl (C=O) groups is 1. The van der Waals surface area contributed by atoms with Crippen molar-refractivity contribution in [3.8, 4) is 0 Å². The van der Waals surface area contributed by atoms with Crippen LogP contribution in [0.2, 0.25) is 0 Å². The Morgan fingerprint density at radius 1 is 1.11 bits per heavy atom. The van der Waals surface area contributed by atoms with Gasteiger partial charge in [-0.1, -0.05) is 24.3 Å². The Morgan fingerprint density at radius 3 is 2.52 bits per heavy atom. The summed E-state index contributed by atoms with van der Waals surface area (Å²) in [5, 5.41) is 8.68. The number of nitrogens with zero attached hydrogens (tertiary/aromatic N) is 2. The first kappa shape index (κ1) is 18.3. The van der Waals surface area contributed by atoms with Crippen LogP contribution < -0.4 is 10.0 Å². The lowest BCUT2D eigenvalue weighted by Gasteiger charge is -2.07. The number of anilines is 2. The third-order valence-electron chi connectivity index (χ3n) is 3.68. The molecule has 138 valence electrons. The monoisotopic (exact) mass is 383 g/mol. The molecule has 0 aliphatic rings. The van der Waals surface area contributed by atoms with Gasteiger partial charge in [0, 0.05) is 11.8 Å². The largest absolute Gasteiger partial charge is 0.323 e. The predicted molar refractivity (Wildman–Crippen MR) is 102 cm³/mol. The Labute approximate surface area is 156 Å². The third-order valence-corrected chi connectivity index (χ3v) is 5.04. The fraction of sp³-hybridized carbons (Fsp3) is 0.0556. The molecule has 0 fully saturated rings. The number of amides is 1. The maximum atomic E-state index is 12.2. The van der Waals surface area contributed by atoms with Crippen molar-refractivity contribution >= 4 is 33.6 Å². The molecular formula is C18H17N5O3S. The Kier molecular flexibility index (Phi) is 5.32. The highest BCUT2D eigenvalue weighted by Crippen LogP contribution is 2.16. The van der Waals surface area contributed by atoms with Gasteiger partial charge in [0.1, 0.15) is 6.33 Å². The smallest absolute Gasteiger partial charge is 0.264 e. The van der Waals surface area contributed by atoms with Crippen molar-refractivity contribution < 1.29 is 13.2 Å². The predicted octanol–water partition coefficient (Wildman–Crippen LogP) is 2.57. The first-order valence-corrected chi connectivity index (χ1v) is 9.45. The third kappa shape index (κ3) is 4.79. The summed E-state index contributed by atoms with van der Waals surface area (Å²) >= 11 is 0. The molecule has 1 heterocycles. The second-order valence-electron chi connectivity index (χ2n) is 5.64. The minimum Gasteiger partial charge on any atom is -0.323 e. The van der Waals surface area contributed by atoms with Gasteiger partial charge in [-0.2, -0.15) is 10.1 Å². The number of rotatable bonds is 6. The zero-order valence-corrected chi connectivity index (χ0v) is 15.2. The van der Waals surface area contributed by atoms with E-state index in [1.54, 1.807) is 6.08 Å². The van der Waals surface area contributed by atoms with E-state index in [1.165, 1.54) is 36.7 Å². The average molecular weight is 383 g/mol. The Hall–Kier alpha value is -3.46. The molecular weight excluding hydrogens is 366 g/mol. The van der Waals surface area contributed by atoms with Crippen molar-refractivity contribution in [1.29, 1.82) is 0 Å². The molecule has 8 nitrogen and oxygen atoms in total. The summed E-state index contributed by atoms with van der Waals surface area (Å²) in [6.07, 6.45) is 4.35. The van der Waals surface area contributed by atoms with Crippen molar-refractivity contribution in [3.63, 3.8) is 0 Å². The number of H-pyrrole nitrogens is 1. The summed E-state index contributed by atoms with van der Waals surface area (Å²) in [4.78, 5) is 15.8. The van der Waals surface area contributed by atoms with Crippen molar-refractivity contribution in [1.82, 2.24) is 15.2 Å². The Morgan fingerprint density at radius 2 is 1.85 bits per heavy atom. The van der Waals surface area contributed by atoms with Crippen LogP contribution in [0, 0.1) is 6.92 Å². The van der Waals surface area contributed by atoms with E-state index in [0.29, 0.717) is 5.69 Å². The Balaban J connectivity index is 1.65. The van der Waals surface area contributed by atoms with Crippen LogP contribution in [0.3, 0.4) is 0 Å². The molecule has 9 heteroatoms. The second kappa shape index (κ2) is 7.83. The molecule has 0 bridgehead atoms. The molecule has 0 radical (unpaired) electrons. The summed E-state index contributed by atoms with van der Waals surface area (Å²) in [6, 6.07) is 13.5. The highest BCUT2D eigenvalue weighted by Gasteiger charge is 2.15. The summed E-state index contributed by atoms with van der Waals surface area (Å²) in [5.41, 5.74) is 2.50. The van der Waals surface area contributed by atoms with Crippen molar-refractivity contribution in [3.05, 3.63) is 72.1 Å². The molecule has 0 aliphatic carbocycles. The number of benzene rings is 2. The zero-order valence-electron chi connectivity index (χ0n) is 14.4. The molecule has 27 heavy (non-hydrogen) atoms. The van der Waals surface area contributed by atoms with Crippen molar-refractivity contribution in [2.75, 3.05) is 10.0 Å². The molecule has 1 aromatic heterocycles. The van der Waals surface area contributed by atoms with Gasteiger partial charge in [-0.3, -0.25) is 4.79 Å². The lowest BCUT2D eigenvalue weighted by atomic mass is 10.1. The minimum absolute atomic E-state index is 0.0220. The molecule has 0 unspecified atom stereocenters. The van der Waals surface area contributed by atoms with Crippen LogP contribution in [0.25, 0.3) is 6.08 Å². The molecule has 3 N–H and O–H groups in total. The number of sulfonamides is 1. The van der Waals surface area contributed by atoms with Crippen LogP contribution in [0.4, 0.5) is 11.6 Å². The van der Waals surface area contributed by atoms with E-state index >= 15 is 0 Å². The molecule has 0 atom stereocenters. The van der Waals surface area contributed by atoms with Gasteiger partial charge in [-0.25, -0.2) is 18.2 Å². The fourth-order valence-electron chi connectivity index (χ4n) is 2.28. The number of aromatic nitrogens is 3. The van der Waals surface area contributed by atoms with E-state index in [0.717, 1.165) is 11.1 Å². The van der Waals surface area contributed by atoms with E-state index < -0.39 is 10.0 Å². The highest BCUT2D eigenvalue weighted by molar-refractivity contribution is 7.92. The van der Waals surface area contributed by atoms with E-state index in [-0.39, 0.29) is 16.8 Å². The Bertz CT molecular complexity index is 1060. The van der Waals surface area contributed by atoms with Crippen molar-refractivity contribution in [2.45, 2.75) is 11.8 Å². The molecule has 0 saturated carbocycles. The molecule has 1 amide bonds. The molecule has 0 saturated heterocycles. The fourth-order valence-corrected chi connectivity index (χ4v) is 3.25. The summed E-state index contributed by atoms with van der Waals surface area (Å²) in [6.45, 7) is 1.96. The first-order valence-electron chi connectivity index (χ1n) is 7.97. The molecule has 3 aromatic rings. The quantitative estimate of drug-likeness (QED) is 0.566. The summed E-state index contributed by atoms with van der Waals surface area (Å²) in [7, 11) is -3.79. The topological polar surface area (TPSA) is 117 Å². The maximum Gasteiger partial charge on any atom is 0.264 e. The summed E-state index contributed by atoms with van der Waals surface area (Å²) < 4.78 is 26.7. The molecule has 3 rings (SSSR count). The summed E-state index contributed by atoms with van der Waals surface area (Å²) in [5.74, 6) is -0.289. The molecule has 0 aliphatic heterocycles. The standard InChI is InChI=1S/C18H17N5O3S/c1-13-4-2-3-5-14(13)6-11-17(24)21-15-7-9-16(10-8-15)27(25,26)23-18-19-12-20-22-18/h2-12H,1H3,(H,21,24)(H2,19,20,22,23). The lowest BCUT2D eigenvalue weighted by molar-refractivity contribution is -0.111. The van der Waals surface area contributed by atoms with Gasteiger partial charge in [0.25, 0.3) is 10.0 Å². The number of hydrogen-bond donors (Lipinski definition) is 3. The van der Waals surface area contributed by atoms with Crippen LogP contribution in [0.1, 0.15) is 11.1 Å². The number of nitrogens with one attached hydrogen (secondary N) is 3. The van der Waals surface area contributed by atoms with Gasteiger partial charge >= 0.3 is 0 Å². The van der Waals surface area contributed by atoms with Crippen molar-refractivity contribution in [2.24, 2.45) is 0 Å². The van der Waals surface area contributed by atoms with Gasteiger partial charge in [-0.05, 0) is 48.4 Å². The van der Waals surface area contributed by atoms with Gasteiger partial charge < -0.3 is 5.32 Å². The molecule has 2 aromatic carbocycles. The number of hydrogen-bond acceptors (Lipinski definition) is 5. The SMILES string of the molecule is Cc1ccccc1C=CC(=O)Nc1ccc(S(=O)(=O)Nc2ncn[nH]2)cc1. The molecule has 0 spiro atoms. The number of aromatic amines is 1. The van der Waals surface area contributed by atoms with Crippen LogP contribution in [-0.2, 0) is 14.8 Å². The van der Waals surface area contributed by atoms with E-state index in [9.17, 15) is 13.2 Å². The van der Waals surface area contributed by atoms with Crippen LogP contribution in [0.5, 0.6) is 0 Å². The average Bonchev–Trinajstić information content (AvgIpc) is 3.14. The van der Waals surface area contributed by atoms with E-state index in [4.69, 9.17) is 0 Å². The van der Waals surface area contributed by atoms with E-state index in [2.05, 4.69) is 25.2 Å². The zero-order chi connectivity index (χ0) is 19.3. The van der Waals surface area contributed by atoms with Gasteiger partial charge in [0.05, 0.1) is 4.90 Å². The number of aryl methyl sites for hydroxylation is 1. The van der Waals surface area contributed by atoms with Gasteiger partial charge in [0.15, 0.2) is 0 Å². The first-order chi connectivity index (χ1) is 12.9. The van der Waals surface area contributed by atoms with Crippen LogP contribution in [0.15, 0.2) is 65.8 Å². The second-order valence-corrected chi connectivity index (χ2v) is 7.33. The van der Waals surface area contributed by atoms with Crippen LogP contribution >= 0.6 is 0 Å². The maximum absolute atomic E-state index is 12.2. The minimum atomic E-state index is -3.79. The van der Waals surface area contributed by atoms with Crippen LogP contribution in [-0.4, -0.2) is 29.5 Å². The highest BCUT2D eigenvalue weighted by atomic mass is 32.2. The number of carbonyl (C=O) groups excluding carboxylic acids is 1. The van der Waals surface area contributed by atoms with Gasteiger partial charge in [0.2, 0.25) is 11.9 Å². The lowest BCUT2D eigenvalue weighted by Crippen LogP contribution is -2.14. The normalized spacial score (nSPS) is 11.4.